The van der Waals surface area contributed by atoms with Crippen LogP contribution < -0.4 is 4.74 Å². The normalized spacial score (nSPS) is 23.1. The molecule has 1 saturated heterocycles. The van der Waals surface area contributed by atoms with E-state index in [1.807, 2.05) is 42.5 Å². The second-order valence-corrected chi connectivity index (χ2v) is 9.32. The Balaban J connectivity index is 1.34. The van der Waals surface area contributed by atoms with Crippen LogP contribution in [0.4, 0.5) is 0 Å². The molecule has 4 rings (SSSR count). The summed E-state index contributed by atoms with van der Waals surface area (Å²) in [6, 6.07) is 25.7. The van der Waals surface area contributed by atoms with Crippen molar-refractivity contribution in [1.82, 2.24) is 0 Å². The van der Waals surface area contributed by atoms with E-state index >= 15 is 0 Å². The largest absolute Gasteiger partial charge is 0.463 e. The number of carbonyl (C=O) groups is 1. The number of esters is 1. The zero-order chi connectivity index (χ0) is 26.9. The molecule has 3 aromatic carbocycles. The molecule has 1 unspecified atom stereocenters. The Morgan fingerprint density at radius 2 is 1.50 bits per heavy atom. The highest BCUT2D eigenvalue weighted by atomic mass is 16.7. The van der Waals surface area contributed by atoms with Crippen molar-refractivity contribution in [2.24, 2.45) is 0 Å². The van der Waals surface area contributed by atoms with Crippen LogP contribution in [0.2, 0.25) is 0 Å². The van der Waals surface area contributed by atoms with Crippen LogP contribution in [-0.2, 0) is 38.5 Å². The van der Waals surface area contributed by atoms with Crippen LogP contribution >= 0.6 is 0 Å². The van der Waals surface area contributed by atoms with Gasteiger partial charge in [0, 0.05) is 13.3 Å². The predicted molar refractivity (Wildman–Crippen MR) is 139 cm³/mol. The number of carbonyl (C=O) groups excluding carboxylic acids is 1. The zero-order valence-corrected chi connectivity index (χ0v) is 21.3. The second-order valence-electron chi connectivity index (χ2n) is 9.32. The van der Waals surface area contributed by atoms with E-state index in [4.69, 9.17) is 18.9 Å². The van der Waals surface area contributed by atoms with Crippen molar-refractivity contribution in [1.29, 1.82) is 0 Å². The summed E-state index contributed by atoms with van der Waals surface area (Å²) in [5.74, 6) is -0.0697. The van der Waals surface area contributed by atoms with Crippen LogP contribution in [0.5, 0.6) is 5.75 Å². The van der Waals surface area contributed by atoms with Crippen molar-refractivity contribution >= 4 is 5.97 Å². The maximum atomic E-state index is 11.2. The lowest BCUT2D eigenvalue weighted by Gasteiger charge is -2.40. The molecule has 1 fully saturated rings. The van der Waals surface area contributed by atoms with Crippen LogP contribution in [0, 0.1) is 0 Å². The fraction of sp³-hybridized carbons (Fsp3) is 0.367. The molecule has 1 heterocycles. The van der Waals surface area contributed by atoms with Gasteiger partial charge in [-0.05, 0) is 34.7 Å². The summed E-state index contributed by atoms with van der Waals surface area (Å²) < 4.78 is 22.3. The third-order valence-electron chi connectivity index (χ3n) is 6.40. The van der Waals surface area contributed by atoms with Crippen LogP contribution in [0.1, 0.15) is 29.2 Å². The SMILES string of the molecule is CC(=O)OC[C@H]1OC(Oc2ccccc2Cc2ccc(CCOCc3ccccc3)cc2)[C@H](O)[C@@H](O)[C@@H]1O. The van der Waals surface area contributed by atoms with E-state index in [0.717, 1.165) is 23.1 Å². The maximum absolute atomic E-state index is 11.2. The summed E-state index contributed by atoms with van der Waals surface area (Å²) in [5, 5.41) is 30.9. The molecule has 0 aromatic heterocycles. The average molecular weight is 523 g/mol. The molecule has 1 aliphatic heterocycles. The number of ether oxygens (including phenoxy) is 4. The van der Waals surface area contributed by atoms with Crippen molar-refractivity contribution in [3.63, 3.8) is 0 Å². The molecule has 8 nitrogen and oxygen atoms in total. The Morgan fingerprint density at radius 1 is 0.816 bits per heavy atom. The highest BCUT2D eigenvalue weighted by Gasteiger charge is 2.45. The summed E-state index contributed by atoms with van der Waals surface area (Å²) in [6.45, 7) is 2.19. The smallest absolute Gasteiger partial charge is 0.302 e. The molecule has 0 spiro atoms. The molecule has 5 atom stereocenters. The van der Waals surface area contributed by atoms with E-state index in [-0.39, 0.29) is 6.61 Å². The first kappa shape index (κ1) is 27.8. The Bertz CT molecular complexity index is 1150. The molecule has 0 radical (unpaired) electrons. The molecule has 38 heavy (non-hydrogen) atoms. The zero-order valence-electron chi connectivity index (χ0n) is 21.3. The van der Waals surface area contributed by atoms with Crippen molar-refractivity contribution in [3.8, 4) is 5.75 Å². The van der Waals surface area contributed by atoms with Gasteiger partial charge < -0.3 is 34.3 Å². The summed E-state index contributed by atoms with van der Waals surface area (Å²) in [6.07, 6.45) is -5.35. The molecule has 1 aliphatic rings. The van der Waals surface area contributed by atoms with E-state index in [0.29, 0.717) is 25.4 Å². The predicted octanol–water partition coefficient (Wildman–Crippen LogP) is 2.79. The van der Waals surface area contributed by atoms with E-state index in [1.54, 1.807) is 12.1 Å². The highest BCUT2D eigenvalue weighted by Crippen LogP contribution is 2.28. The van der Waals surface area contributed by atoms with Crippen LogP contribution in [0.25, 0.3) is 0 Å². The monoisotopic (exact) mass is 522 g/mol. The topological polar surface area (TPSA) is 115 Å². The molecular formula is C30H34O8. The van der Waals surface area contributed by atoms with Gasteiger partial charge in [0.05, 0.1) is 13.2 Å². The quantitative estimate of drug-likeness (QED) is 0.260. The lowest BCUT2D eigenvalue weighted by atomic mass is 9.99. The Labute approximate surface area is 222 Å². The molecule has 3 aromatic rings. The number of aliphatic hydroxyl groups excluding tert-OH is 3. The Hall–Kier alpha value is -3.27. The summed E-state index contributed by atoms with van der Waals surface area (Å²) in [5.41, 5.74) is 4.26. The molecule has 0 aliphatic carbocycles. The van der Waals surface area contributed by atoms with Crippen molar-refractivity contribution in [3.05, 3.63) is 101 Å². The third-order valence-corrected chi connectivity index (χ3v) is 6.40. The van der Waals surface area contributed by atoms with Gasteiger partial charge in [-0.2, -0.15) is 0 Å². The minimum atomic E-state index is -1.52. The molecule has 0 bridgehead atoms. The van der Waals surface area contributed by atoms with Crippen molar-refractivity contribution in [2.45, 2.75) is 57.1 Å². The van der Waals surface area contributed by atoms with Gasteiger partial charge >= 0.3 is 5.97 Å². The van der Waals surface area contributed by atoms with Crippen molar-refractivity contribution in [2.75, 3.05) is 13.2 Å². The van der Waals surface area contributed by atoms with Gasteiger partial charge in [-0.15, -0.1) is 0 Å². The van der Waals surface area contributed by atoms with E-state index in [9.17, 15) is 20.1 Å². The first-order valence-corrected chi connectivity index (χ1v) is 12.7. The number of hydrogen-bond acceptors (Lipinski definition) is 8. The van der Waals surface area contributed by atoms with Gasteiger partial charge in [0.25, 0.3) is 0 Å². The summed E-state index contributed by atoms with van der Waals surface area (Å²) in [4.78, 5) is 11.2. The average Bonchev–Trinajstić information content (AvgIpc) is 2.93. The highest BCUT2D eigenvalue weighted by molar-refractivity contribution is 5.65. The fourth-order valence-electron chi connectivity index (χ4n) is 4.24. The van der Waals surface area contributed by atoms with Gasteiger partial charge in [-0.3, -0.25) is 4.79 Å². The van der Waals surface area contributed by atoms with Gasteiger partial charge in [0.15, 0.2) is 0 Å². The van der Waals surface area contributed by atoms with Gasteiger partial charge in [0.2, 0.25) is 6.29 Å². The van der Waals surface area contributed by atoms with E-state index < -0.39 is 36.7 Å². The molecule has 202 valence electrons. The molecular weight excluding hydrogens is 488 g/mol. The van der Waals surface area contributed by atoms with E-state index in [2.05, 4.69) is 24.3 Å². The summed E-state index contributed by atoms with van der Waals surface area (Å²) >= 11 is 0. The number of aliphatic hydroxyl groups is 3. The number of rotatable bonds is 11. The second kappa shape index (κ2) is 13.5. The van der Waals surface area contributed by atoms with Crippen LogP contribution in [0.3, 0.4) is 0 Å². The molecule has 3 N–H and O–H groups in total. The van der Waals surface area contributed by atoms with Gasteiger partial charge in [-0.1, -0.05) is 72.8 Å². The Kier molecular flexibility index (Phi) is 9.86. The van der Waals surface area contributed by atoms with Gasteiger partial charge in [0.1, 0.15) is 36.8 Å². The Morgan fingerprint density at radius 3 is 2.24 bits per heavy atom. The maximum Gasteiger partial charge on any atom is 0.302 e. The minimum absolute atomic E-state index is 0.272. The summed E-state index contributed by atoms with van der Waals surface area (Å²) in [7, 11) is 0. The standard InChI is InChI=1S/C30H34O8/c1-20(31)36-19-26-27(32)28(33)29(34)30(38-26)37-25-10-6-5-9-24(25)17-22-13-11-21(12-14-22)15-16-35-18-23-7-3-2-4-8-23/h2-14,26-30,32-34H,15-19H2,1H3/t26-,27-,28+,29-,30?/m1/s1. The number of hydrogen-bond donors (Lipinski definition) is 3. The van der Waals surface area contributed by atoms with Crippen LogP contribution in [0.15, 0.2) is 78.9 Å². The first-order valence-electron chi connectivity index (χ1n) is 12.7. The molecule has 0 saturated carbocycles. The fourth-order valence-corrected chi connectivity index (χ4v) is 4.24. The molecule has 8 heteroatoms. The van der Waals surface area contributed by atoms with Crippen LogP contribution in [-0.4, -0.2) is 65.2 Å². The lowest BCUT2D eigenvalue weighted by Crippen LogP contribution is -2.60. The third kappa shape index (κ3) is 7.63. The van der Waals surface area contributed by atoms with Crippen molar-refractivity contribution < 1.29 is 39.1 Å². The first-order chi connectivity index (χ1) is 18.4. The number of benzene rings is 3. The molecule has 0 amide bonds. The lowest BCUT2D eigenvalue weighted by molar-refractivity contribution is -0.278. The van der Waals surface area contributed by atoms with Gasteiger partial charge in [-0.25, -0.2) is 0 Å². The van der Waals surface area contributed by atoms with E-state index in [1.165, 1.54) is 12.5 Å². The minimum Gasteiger partial charge on any atom is -0.463 e. The number of para-hydroxylation sites is 1.